The molecule has 0 unspecified atom stereocenters. The number of hydrogen-bond donors (Lipinski definition) is 1. The zero-order valence-corrected chi connectivity index (χ0v) is 9.54. The molecule has 0 aliphatic heterocycles. The van der Waals surface area contributed by atoms with Crippen LogP contribution in [0.4, 0.5) is 18.9 Å². The molecular weight excluding hydrogens is 267 g/mol. The van der Waals surface area contributed by atoms with E-state index in [0.29, 0.717) is 12.3 Å². The molecule has 0 radical (unpaired) electrons. The third-order valence-corrected chi connectivity index (χ3v) is 3.33. The summed E-state index contributed by atoms with van der Waals surface area (Å²) in [6, 6.07) is 1.51. The van der Waals surface area contributed by atoms with Crippen molar-refractivity contribution in [2.75, 3.05) is 12.0 Å². The Morgan fingerprint density at radius 3 is 2.19 bits per heavy atom. The quantitative estimate of drug-likeness (QED) is 0.799. The van der Waals surface area contributed by atoms with Crippen LogP contribution in [0.15, 0.2) is 17.0 Å². The first kappa shape index (κ1) is 13.1. The third-order valence-electron chi connectivity index (χ3n) is 1.74. The Morgan fingerprint density at radius 1 is 1.31 bits per heavy atom. The van der Waals surface area contributed by atoms with Gasteiger partial charge in [-0.2, -0.15) is 13.2 Å². The van der Waals surface area contributed by atoms with Gasteiger partial charge in [0.25, 0.3) is 0 Å². The molecule has 1 aromatic rings. The minimum absolute atomic E-state index is 0.246. The zero-order chi connectivity index (χ0) is 12.7. The number of anilines is 1. The molecule has 0 saturated heterocycles. The third kappa shape index (κ3) is 2.59. The lowest BCUT2D eigenvalue weighted by Crippen LogP contribution is -2.13. The number of sulfone groups is 1. The van der Waals surface area contributed by atoms with Crippen LogP contribution in [0.5, 0.6) is 0 Å². The Balaban J connectivity index is 3.72. The van der Waals surface area contributed by atoms with Crippen molar-refractivity contribution >= 4 is 27.1 Å². The van der Waals surface area contributed by atoms with Gasteiger partial charge in [0.2, 0.25) is 0 Å². The molecule has 0 amide bonds. The lowest BCUT2D eigenvalue weighted by molar-refractivity contribution is -0.139. The SMILES string of the molecule is CS(=O)(=O)c1c(Cl)cc(N)cc1C(F)(F)F. The molecule has 0 spiro atoms. The highest BCUT2D eigenvalue weighted by Gasteiger charge is 2.37. The smallest absolute Gasteiger partial charge is 0.399 e. The number of rotatable bonds is 1. The van der Waals surface area contributed by atoms with Gasteiger partial charge in [0, 0.05) is 11.9 Å². The highest BCUT2D eigenvalue weighted by atomic mass is 35.5. The second-order valence-corrected chi connectivity index (χ2v) is 5.51. The predicted molar refractivity (Wildman–Crippen MR) is 54.0 cm³/mol. The van der Waals surface area contributed by atoms with E-state index in [4.69, 9.17) is 17.3 Å². The second-order valence-electron chi connectivity index (χ2n) is 3.15. The van der Waals surface area contributed by atoms with Gasteiger partial charge in [-0.1, -0.05) is 11.6 Å². The predicted octanol–water partition coefficient (Wildman–Crippen LogP) is 2.34. The Morgan fingerprint density at radius 2 is 1.81 bits per heavy atom. The Kier molecular flexibility index (Phi) is 3.13. The summed E-state index contributed by atoms with van der Waals surface area (Å²) in [5.74, 6) is 0. The van der Waals surface area contributed by atoms with Crippen molar-refractivity contribution in [1.29, 1.82) is 0 Å². The van der Waals surface area contributed by atoms with Crippen LogP contribution in [0.1, 0.15) is 5.56 Å². The van der Waals surface area contributed by atoms with Gasteiger partial charge >= 0.3 is 6.18 Å². The molecule has 90 valence electrons. The van der Waals surface area contributed by atoms with E-state index >= 15 is 0 Å². The van der Waals surface area contributed by atoms with E-state index in [1.807, 2.05) is 0 Å². The summed E-state index contributed by atoms with van der Waals surface area (Å²) in [6.45, 7) is 0. The van der Waals surface area contributed by atoms with E-state index in [1.165, 1.54) is 0 Å². The van der Waals surface area contributed by atoms with Gasteiger partial charge in [-0.15, -0.1) is 0 Å². The first-order valence-corrected chi connectivity index (χ1v) is 6.16. The molecule has 16 heavy (non-hydrogen) atoms. The minimum Gasteiger partial charge on any atom is -0.399 e. The van der Waals surface area contributed by atoms with Crippen molar-refractivity contribution in [2.24, 2.45) is 0 Å². The monoisotopic (exact) mass is 273 g/mol. The summed E-state index contributed by atoms with van der Waals surface area (Å²) in [4.78, 5) is -0.948. The normalized spacial score (nSPS) is 12.8. The molecule has 3 nitrogen and oxygen atoms in total. The van der Waals surface area contributed by atoms with Crippen molar-refractivity contribution in [1.82, 2.24) is 0 Å². The van der Waals surface area contributed by atoms with Crippen molar-refractivity contribution < 1.29 is 21.6 Å². The summed E-state index contributed by atoms with van der Waals surface area (Å²) in [5, 5.41) is -0.533. The van der Waals surface area contributed by atoms with E-state index in [1.54, 1.807) is 0 Å². The average molecular weight is 274 g/mol. The number of hydrogen-bond acceptors (Lipinski definition) is 3. The van der Waals surface area contributed by atoms with Crippen molar-refractivity contribution in [2.45, 2.75) is 11.1 Å². The second kappa shape index (κ2) is 3.81. The fourth-order valence-electron chi connectivity index (χ4n) is 1.20. The summed E-state index contributed by atoms with van der Waals surface area (Å²) in [6.07, 6.45) is -4.17. The van der Waals surface area contributed by atoms with Crippen LogP contribution in [0.2, 0.25) is 5.02 Å². The van der Waals surface area contributed by atoms with Crippen LogP contribution in [-0.4, -0.2) is 14.7 Å². The molecule has 1 rings (SSSR count). The van der Waals surface area contributed by atoms with E-state index in [9.17, 15) is 21.6 Å². The number of nitrogen functional groups attached to an aromatic ring is 1. The largest absolute Gasteiger partial charge is 0.417 e. The van der Waals surface area contributed by atoms with Crippen LogP contribution < -0.4 is 5.73 Å². The van der Waals surface area contributed by atoms with Gasteiger partial charge in [0.1, 0.15) is 0 Å². The number of alkyl halides is 3. The molecule has 0 aliphatic carbocycles. The summed E-state index contributed by atoms with van der Waals surface area (Å²) in [5.41, 5.74) is 3.60. The number of halogens is 4. The fraction of sp³-hybridized carbons (Fsp3) is 0.250. The highest BCUT2D eigenvalue weighted by Crippen LogP contribution is 2.39. The van der Waals surface area contributed by atoms with E-state index in [2.05, 4.69) is 0 Å². The number of nitrogens with two attached hydrogens (primary N) is 1. The first-order chi connectivity index (χ1) is 7.03. The van der Waals surface area contributed by atoms with Gasteiger partial charge < -0.3 is 5.73 Å². The first-order valence-electron chi connectivity index (χ1n) is 3.90. The summed E-state index contributed by atoms with van der Waals surface area (Å²) < 4.78 is 60.1. The van der Waals surface area contributed by atoms with Crippen LogP contribution in [-0.2, 0) is 16.0 Å². The highest BCUT2D eigenvalue weighted by molar-refractivity contribution is 7.90. The van der Waals surface area contributed by atoms with Gasteiger partial charge in [-0.3, -0.25) is 0 Å². The molecule has 0 aliphatic rings. The molecule has 8 heteroatoms. The standard InChI is InChI=1S/C8H7ClF3NO2S/c1-16(14,15)7-5(8(10,11)12)2-4(13)3-6(7)9/h2-3H,13H2,1H3. The molecule has 2 N–H and O–H groups in total. The maximum Gasteiger partial charge on any atom is 0.417 e. The van der Waals surface area contributed by atoms with Gasteiger partial charge in [-0.05, 0) is 12.1 Å². The lowest BCUT2D eigenvalue weighted by atomic mass is 10.2. The van der Waals surface area contributed by atoms with Gasteiger partial charge in [0.05, 0.1) is 15.5 Å². The maximum absolute atomic E-state index is 12.6. The van der Waals surface area contributed by atoms with Crippen molar-refractivity contribution in [3.8, 4) is 0 Å². The van der Waals surface area contributed by atoms with Crippen LogP contribution in [0.3, 0.4) is 0 Å². The Hall–Kier alpha value is -0.950. The van der Waals surface area contributed by atoms with Crippen molar-refractivity contribution in [3.63, 3.8) is 0 Å². The minimum atomic E-state index is -4.82. The molecule has 0 fully saturated rings. The molecule has 0 bridgehead atoms. The van der Waals surface area contributed by atoms with Crippen LogP contribution in [0, 0.1) is 0 Å². The summed E-state index contributed by atoms with van der Waals surface area (Å²) >= 11 is 5.47. The Labute approximate surface area is 94.9 Å². The lowest BCUT2D eigenvalue weighted by Gasteiger charge is -2.13. The molecule has 0 saturated carbocycles. The van der Waals surface area contributed by atoms with E-state index in [0.717, 1.165) is 6.07 Å². The van der Waals surface area contributed by atoms with Gasteiger partial charge in [0.15, 0.2) is 9.84 Å². The number of benzene rings is 1. The summed E-state index contributed by atoms with van der Waals surface area (Å²) in [7, 11) is -4.07. The topological polar surface area (TPSA) is 60.2 Å². The van der Waals surface area contributed by atoms with E-state index < -0.39 is 31.5 Å². The molecule has 0 atom stereocenters. The average Bonchev–Trinajstić information content (AvgIpc) is 1.97. The van der Waals surface area contributed by atoms with Crippen molar-refractivity contribution in [3.05, 3.63) is 22.7 Å². The van der Waals surface area contributed by atoms with Gasteiger partial charge in [-0.25, -0.2) is 8.42 Å². The molecule has 0 heterocycles. The van der Waals surface area contributed by atoms with Crippen LogP contribution >= 0.6 is 11.6 Å². The van der Waals surface area contributed by atoms with E-state index in [-0.39, 0.29) is 5.69 Å². The zero-order valence-electron chi connectivity index (χ0n) is 7.97. The molecular formula is C8H7ClF3NO2S. The Bertz CT molecular complexity index is 525. The fourth-order valence-corrected chi connectivity index (χ4v) is 2.84. The maximum atomic E-state index is 12.6. The van der Waals surface area contributed by atoms with Crippen LogP contribution in [0.25, 0.3) is 0 Å². The molecule has 0 aromatic heterocycles. The molecule has 1 aromatic carbocycles.